The third-order valence-electron chi connectivity index (χ3n) is 4.96. The standard InChI is InChI=1S/C20H28N4O4/c1-20(2,3)28-19(27)24-10-6-13(7-11-24)4-8-22-17(25)15-12-23-18(26)16-14(15)5-9-21-16/h5,9,12-13,21H,4,6-8,10-11H2,1-3H3,(H,22,25)(H,23,26). The Kier molecular flexibility index (Phi) is 5.76. The molecular weight excluding hydrogens is 360 g/mol. The first-order valence-corrected chi connectivity index (χ1v) is 9.69. The maximum Gasteiger partial charge on any atom is 0.410 e. The van der Waals surface area contributed by atoms with Gasteiger partial charge in [0.1, 0.15) is 11.1 Å². The Balaban J connectivity index is 1.45. The number of fused-ring (bicyclic) bond motifs is 1. The van der Waals surface area contributed by atoms with Gasteiger partial charge in [-0.25, -0.2) is 4.79 Å². The predicted octanol–water partition coefficient (Wildman–Crippen LogP) is 2.62. The van der Waals surface area contributed by atoms with Gasteiger partial charge in [0, 0.05) is 37.4 Å². The van der Waals surface area contributed by atoms with E-state index in [1.807, 2.05) is 20.8 Å². The number of piperidine rings is 1. The number of H-pyrrole nitrogens is 2. The second-order valence-corrected chi connectivity index (χ2v) is 8.25. The van der Waals surface area contributed by atoms with Crippen molar-refractivity contribution in [3.05, 3.63) is 34.4 Å². The van der Waals surface area contributed by atoms with E-state index in [1.165, 1.54) is 6.20 Å². The average Bonchev–Trinajstić information content (AvgIpc) is 3.11. The molecule has 0 aromatic carbocycles. The van der Waals surface area contributed by atoms with Gasteiger partial charge in [0.25, 0.3) is 11.5 Å². The summed E-state index contributed by atoms with van der Waals surface area (Å²) in [5.41, 5.74) is 0.135. The summed E-state index contributed by atoms with van der Waals surface area (Å²) in [5, 5.41) is 3.55. The van der Waals surface area contributed by atoms with Crippen LogP contribution in [0.5, 0.6) is 0 Å². The van der Waals surface area contributed by atoms with Crippen LogP contribution in [0.3, 0.4) is 0 Å². The molecule has 3 N–H and O–H groups in total. The summed E-state index contributed by atoms with van der Waals surface area (Å²) in [7, 11) is 0. The molecule has 0 spiro atoms. The van der Waals surface area contributed by atoms with Crippen molar-refractivity contribution in [3.63, 3.8) is 0 Å². The Hall–Kier alpha value is -2.77. The molecule has 1 fully saturated rings. The molecule has 8 heteroatoms. The highest BCUT2D eigenvalue weighted by molar-refractivity contribution is 6.05. The molecule has 1 aliphatic rings. The topological polar surface area (TPSA) is 107 Å². The van der Waals surface area contributed by atoms with Crippen LogP contribution in [-0.2, 0) is 4.74 Å². The fraction of sp³-hybridized carbons (Fsp3) is 0.550. The quantitative estimate of drug-likeness (QED) is 0.748. The van der Waals surface area contributed by atoms with E-state index in [0.29, 0.717) is 42.0 Å². The summed E-state index contributed by atoms with van der Waals surface area (Å²) in [5.74, 6) is 0.258. The Morgan fingerprint density at radius 2 is 1.96 bits per heavy atom. The number of carbonyl (C=O) groups is 2. The Morgan fingerprint density at radius 1 is 1.25 bits per heavy atom. The van der Waals surface area contributed by atoms with Gasteiger partial charge in [-0.05, 0) is 52.0 Å². The van der Waals surface area contributed by atoms with Crippen molar-refractivity contribution in [1.29, 1.82) is 0 Å². The maximum absolute atomic E-state index is 12.5. The number of pyridine rings is 1. The van der Waals surface area contributed by atoms with E-state index in [1.54, 1.807) is 17.2 Å². The van der Waals surface area contributed by atoms with E-state index < -0.39 is 5.60 Å². The monoisotopic (exact) mass is 388 g/mol. The smallest absolute Gasteiger partial charge is 0.410 e. The molecule has 2 aromatic heterocycles. The number of amides is 2. The third kappa shape index (κ3) is 4.74. The van der Waals surface area contributed by atoms with Crippen LogP contribution in [0.1, 0.15) is 50.4 Å². The van der Waals surface area contributed by atoms with Crippen molar-refractivity contribution in [2.75, 3.05) is 19.6 Å². The van der Waals surface area contributed by atoms with Crippen LogP contribution in [0.4, 0.5) is 4.79 Å². The SMILES string of the molecule is CC(C)(C)OC(=O)N1CCC(CCNC(=O)c2c[nH]c(=O)c3[nH]ccc23)CC1. The lowest BCUT2D eigenvalue weighted by atomic mass is 9.94. The second-order valence-electron chi connectivity index (χ2n) is 8.25. The van der Waals surface area contributed by atoms with Gasteiger partial charge in [-0.3, -0.25) is 9.59 Å². The van der Waals surface area contributed by atoms with Crippen molar-refractivity contribution in [1.82, 2.24) is 20.2 Å². The number of hydrogen-bond acceptors (Lipinski definition) is 4. The number of rotatable bonds is 4. The van der Waals surface area contributed by atoms with E-state index in [4.69, 9.17) is 4.74 Å². The summed E-state index contributed by atoms with van der Waals surface area (Å²) in [6.45, 7) is 7.51. The number of aromatic nitrogens is 2. The number of likely N-dealkylation sites (tertiary alicyclic amines) is 1. The first-order chi connectivity index (χ1) is 13.2. The minimum absolute atomic E-state index is 0.202. The van der Waals surface area contributed by atoms with Gasteiger partial charge < -0.3 is 24.9 Å². The van der Waals surface area contributed by atoms with Crippen molar-refractivity contribution in [2.24, 2.45) is 5.92 Å². The lowest BCUT2D eigenvalue weighted by molar-refractivity contribution is 0.0182. The third-order valence-corrected chi connectivity index (χ3v) is 4.96. The maximum atomic E-state index is 12.5. The Morgan fingerprint density at radius 3 is 2.64 bits per heavy atom. The van der Waals surface area contributed by atoms with Crippen LogP contribution in [0.2, 0.25) is 0 Å². The normalized spacial score (nSPS) is 15.6. The first kappa shape index (κ1) is 20.0. The number of ether oxygens (including phenoxy) is 1. The molecule has 0 atom stereocenters. The highest BCUT2D eigenvalue weighted by Crippen LogP contribution is 2.22. The molecule has 0 unspecified atom stereocenters. The molecule has 0 radical (unpaired) electrons. The summed E-state index contributed by atoms with van der Waals surface area (Å²) in [6.07, 6.45) is 5.49. The number of carbonyl (C=O) groups excluding carboxylic acids is 2. The van der Waals surface area contributed by atoms with Gasteiger partial charge >= 0.3 is 6.09 Å². The molecule has 28 heavy (non-hydrogen) atoms. The fourth-order valence-corrected chi connectivity index (χ4v) is 3.47. The molecule has 8 nitrogen and oxygen atoms in total. The zero-order valence-corrected chi connectivity index (χ0v) is 16.6. The summed E-state index contributed by atoms with van der Waals surface area (Å²) < 4.78 is 5.41. The molecule has 152 valence electrons. The minimum Gasteiger partial charge on any atom is -0.444 e. The second kappa shape index (κ2) is 8.08. The Labute approximate surface area is 163 Å². The molecule has 3 rings (SSSR count). The van der Waals surface area contributed by atoms with Crippen LogP contribution in [0.15, 0.2) is 23.3 Å². The van der Waals surface area contributed by atoms with Gasteiger partial charge in [0.05, 0.1) is 5.56 Å². The van der Waals surface area contributed by atoms with Crippen LogP contribution in [0, 0.1) is 5.92 Å². The van der Waals surface area contributed by atoms with Crippen molar-refractivity contribution in [3.8, 4) is 0 Å². The number of nitrogens with zero attached hydrogens (tertiary/aromatic N) is 1. The van der Waals surface area contributed by atoms with Crippen molar-refractivity contribution in [2.45, 2.75) is 45.6 Å². The predicted molar refractivity (Wildman–Crippen MR) is 106 cm³/mol. The van der Waals surface area contributed by atoms with E-state index >= 15 is 0 Å². The van der Waals surface area contributed by atoms with Gasteiger partial charge in [-0.2, -0.15) is 0 Å². The molecule has 0 bridgehead atoms. The number of aromatic amines is 2. The van der Waals surface area contributed by atoms with E-state index in [2.05, 4.69) is 15.3 Å². The van der Waals surface area contributed by atoms with Crippen molar-refractivity contribution < 1.29 is 14.3 Å². The molecule has 0 aliphatic carbocycles. The van der Waals surface area contributed by atoms with Crippen LogP contribution < -0.4 is 10.9 Å². The summed E-state index contributed by atoms with van der Waals surface area (Å²) in [6, 6.07) is 1.73. The summed E-state index contributed by atoms with van der Waals surface area (Å²) >= 11 is 0. The van der Waals surface area contributed by atoms with Crippen LogP contribution in [0.25, 0.3) is 10.9 Å². The lowest BCUT2D eigenvalue weighted by Crippen LogP contribution is -2.42. The number of nitrogens with one attached hydrogen (secondary N) is 3. The molecule has 1 aliphatic heterocycles. The van der Waals surface area contributed by atoms with Gasteiger partial charge in [0.2, 0.25) is 0 Å². The van der Waals surface area contributed by atoms with Gasteiger partial charge in [0.15, 0.2) is 0 Å². The molecule has 2 amide bonds. The highest BCUT2D eigenvalue weighted by Gasteiger charge is 2.26. The first-order valence-electron chi connectivity index (χ1n) is 9.69. The largest absolute Gasteiger partial charge is 0.444 e. The molecular formula is C20H28N4O4. The molecule has 3 heterocycles. The minimum atomic E-state index is -0.481. The van der Waals surface area contributed by atoms with Gasteiger partial charge in [-0.15, -0.1) is 0 Å². The molecule has 2 aromatic rings. The average molecular weight is 388 g/mol. The highest BCUT2D eigenvalue weighted by atomic mass is 16.6. The lowest BCUT2D eigenvalue weighted by Gasteiger charge is -2.33. The number of hydrogen-bond donors (Lipinski definition) is 3. The van der Waals surface area contributed by atoms with E-state index in [-0.39, 0.29) is 17.6 Å². The zero-order chi connectivity index (χ0) is 20.3. The van der Waals surface area contributed by atoms with Gasteiger partial charge in [-0.1, -0.05) is 0 Å². The zero-order valence-electron chi connectivity index (χ0n) is 16.6. The van der Waals surface area contributed by atoms with Crippen molar-refractivity contribution >= 4 is 22.9 Å². The Bertz CT molecular complexity index is 901. The van der Waals surface area contributed by atoms with Crippen LogP contribution in [-0.4, -0.2) is 52.1 Å². The molecule has 1 saturated heterocycles. The summed E-state index contributed by atoms with van der Waals surface area (Å²) in [4.78, 5) is 43.5. The fourth-order valence-electron chi connectivity index (χ4n) is 3.47. The van der Waals surface area contributed by atoms with E-state index in [9.17, 15) is 14.4 Å². The van der Waals surface area contributed by atoms with E-state index in [0.717, 1.165) is 19.3 Å². The molecule has 0 saturated carbocycles. The van der Waals surface area contributed by atoms with Crippen LogP contribution >= 0.6 is 0 Å².